The van der Waals surface area contributed by atoms with E-state index < -0.39 is 0 Å². The molecule has 1 aromatic carbocycles. The number of fused-ring (bicyclic) bond motifs is 1. The Balaban J connectivity index is 2.17. The third kappa shape index (κ3) is 1.93. The van der Waals surface area contributed by atoms with Crippen LogP contribution in [0, 0.1) is 4.77 Å². The monoisotopic (exact) mass is 273 g/mol. The molecule has 3 rings (SSSR count). The molecule has 0 spiro atoms. The highest BCUT2D eigenvalue weighted by Gasteiger charge is 2.09. The molecule has 3 N–H and O–H groups in total. The van der Waals surface area contributed by atoms with Gasteiger partial charge in [-0.15, -0.1) is 0 Å². The summed E-state index contributed by atoms with van der Waals surface area (Å²) in [5.74, 6) is 5.54. The Morgan fingerprint density at radius 3 is 2.79 bits per heavy atom. The van der Waals surface area contributed by atoms with E-state index in [-0.39, 0.29) is 10.3 Å². The second-order valence-electron chi connectivity index (χ2n) is 4.16. The average molecular weight is 273 g/mol. The number of nitrogen functional groups attached to an aromatic ring is 1. The number of nitrogens with two attached hydrogens (primary N) is 1. The SMILES string of the molecule is Nn1c(=S)[nH]c2c(cnn2Cc2ccccc2)c1=O. The molecule has 2 heterocycles. The Hall–Kier alpha value is -2.41. The summed E-state index contributed by atoms with van der Waals surface area (Å²) in [5, 5.41) is 4.63. The fourth-order valence-electron chi connectivity index (χ4n) is 1.93. The summed E-state index contributed by atoms with van der Waals surface area (Å²) in [6.07, 6.45) is 1.50. The van der Waals surface area contributed by atoms with E-state index in [1.807, 2.05) is 30.3 Å². The molecule has 0 radical (unpaired) electrons. The highest BCUT2D eigenvalue weighted by Crippen LogP contribution is 2.09. The van der Waals surface area contributed by atoms with Gasteiger partial charge in [-0.1, -0.05) is 30.3 Å². The third-order valence-electron chi connectivity index (χ3n) is 2.91. The van der Waals surface area contributed by atoms with Crippen LogP contribution in [0.15, 0.2) is 41.3 Å². The normalized spacial score (nSPS) is 10.9. The zero-order valence-corrected chi connectivity index (χ0v) is 10.7. The average Bonchev–Trinajstić information content (AvgIpc) is 2.81. The number of H-pyrrole nitrogens is 1. The van der Waals surface area contributed by atoms with Gasteiger partial charge in [-0.3, -0.25) is 4.79 Å². The van der Waals surface area contributed by atoms with E-state index in [9.17, 15) is 4.79 Å². The van der Waals surface area contributed by atoms with Gasteiger partial charge in [-0.2, -0.15) is 9.77 Å². The lowest BCUT2D eigenvalue weighted by Crippen LogP contribution is -2.28. The number of hydrogen-bond donors (Lipinski definition) is 2. The number of nitrogens with zero attached hydrogens (tertiary/aromatic N) is 3. The minimum absolute atomic E-state index is 0.173. The van der Waals surface area contributed by atoms with Gasteiger partial charge >= 0.3 is 0 Å². The predicted molar refractivity (Wildman–Crippen MR) is 74.9 cm³/mol. The minimum atomic E-state index is -0.349. The highest BCUT2D eigenvalue weighted by atomic mass is 32.1. The molecule has 0 bridgehead atoms. The number of hydrogen-bond acceptors (Lipinski definition) is 4. The van der Waals surface area contributed by atoms with E-state index in [0.717, 1.165) is 10.2 Å². The van der Waals surface area contributed by atoms with Crippen LogP contribution in [0.25, 0.3) is 11.0 Å². The van der Waals surface area contributed by atoms with Crippen LogP contribution in [0.5, 0.6) is 0 Å². The van der Waals surface area contributed by atoms with Gasteiger partial charge in [0.1, 0.15) is 11.0 Å². The molecule has 0 saturated carbocycles. The second-order valence-corrected chi connectivity index (χ2v) is 4.54. The summed E-state index contributed by atoms with van der Waals surface area (Å²) in [7, 11) is 0. The van der Waals surface area contributed by atoms with Crippen molar-refractivity contribution in [3.05, 3.63) is 57.2 Å². The van der Waals surface area contributed by atoms with Gasteiger partial charge in [-0.25, -0.2) is 4.68 Å². The number of benzene rings is 1. The molecule has 0 aliphatic carbocycles. The Labute approximate surface area is 113 Å². The smallest absolute Gasteiger partial charge is 0.283 e. The van der Waals surface area contributed by atoms with Crippen molar-refractivity contribution in [1.29, 1.82) is 0 Å². The van der Waals surface area contributed by atoms with Crippen molar-refractivity contribution in [1.82, 2.24) is 19.4 Å². The summed E-state index contributed by atoms with van der Waals surface area (Å²) in [4.78, 5) is 14.8. The van der Waals surface area contributed by atoms with Crippen molar-refractivity contribution in [3.63, 3.8) is 0 Å². The van der Waals surface area contributed by atoms with Gasteiger partial charge in [0, 0.05) is 0 Å². The fraction of sp³-hybridized carbons (Fsp3) is 0.0833. The van der Waals surface area contributed by atoms with Crippen LogP contribution in [0.4, 0.5) is 0 Å². The molecular weight excluding hydrogens is 262 g/mol. The van der Waals surface area contributed by atoms with Crippen molar-refractivity contribution in [3.8, 4) is 0 Å². The maximum atomic E-state index is 11.9. The number of aromatic nitrogens is 4. The molecule has 96 valence electrons. The molecule has 0 aliphatic rings. The number of nitrogens with one attached hydrogen (secondary N) is 1. The van der Waals surface area contributed by atoms with E-state index in [1.165, 1.54) is 6.20 Å². The standard InChI is InChI=1S/C12H11N5OS/c13-17-11(18)9-6-14-16(10(9)15-12(17)19)7-8-4-2-1-3-5-8/h1-6H,7,13H2,(H,15,19). The van der Waals surface area contributed by atoms with Crippen LogP contribution >= 0.6 is 12.2 Å². The molecule has 0 unspecified atom stereocenters. The molecule has 0 amide bonds. The maximum absolute atomic E-state index is 11.9. The molecule has 6 nitrogen and oxygen atoms in total. The molecule has 3 aromatic rings. The van der Waals surface area contributed by atoms with Gasteiger partial charge in [-0.05, 0) is 17.8 Å². The lowest BCUT2D eigenvalue weighted by molar-refractivity contribution is 0.701. The van der Waals surface area contributed by atoms with Gasteiger partial charge in [0.25, 0.3) is 5.56 Å². The fourth-order valence-corrected chi connectivity index (χ4v) is 2.11. The van der Waals surface area contributed by atoms with E-state index >= 15 is 0 Å². The Bertz CT molecular complexity index is 846. The van der Waals surface area contributed by atoms with Gasteiger partial charge in [0.05, 0.1) is 12.7 Å². The molecule has 0 saturated heterocycles. The van der Waals surface area contributed by atoms with Gasteiger partial charge in [0.15, 0.2) is 0 Å². The van der Waals surface area contributed by atoms with E-state index in [4.69, 9.17) is 18.1 Å². The zero-order chi connectivity index (χ0) is 13.4. The summed E-state index contributed by atoms with van der Waals surface area (Å²) < 4.78 is 2.78. The second kappa shape index (κ2) is 4.36. The minimum Gasteiger partial charge on any atom is -0.334 e. The molecule has 19 heavy (non-hydrogen) atoms. The summed E-state index contributed by atoms with van der Waals surface area (Å²) >= 11 is 5.00. The number of rotatable bonds is 2. The van der Waals surface area contributed by atoms with Crippen LogP contribution in [0.3, 0.4) is 0 Å². The number of aromatic amines is 1. The van der Waals surface area contributed by atoms with Crippen LogP contribution < -0.4 is 11.4 Å². The van der Waals surface area contributed by atoms with E-state index in [1.54, 1.807) is 4.68 Å². The van der Waals surface area contributed by atoms with Crippen molar-refractivity contribution >= 4 is 23.3 Å². The summed E-state index contributed by atoms with van der Waals surface area (Å²) in [6, 6.07) is 9.84. The third-order valence-corrected chi connectivity index (χ3v) is 3.21. The largest absolute Gasteiger partial charge is 0.334 e. The molecule has 0 fully saturated rings. The molecule has 0 aliphatic heterocycles. The first-order valence-corrected chi connectivity index (χ1v) is 6.07. The predicted octanol–water partition coefficient (Wildman–Crippen LogP) is 1.02. The van der Waals surface area contributed by atoms with Crippen LogP contribution in [-0.4, -0.2) is 19.4 Å². The molecule has 7 heteroatoms. The van der Waals surface area contributed by atoms with Gasteiger partial charge < -0.3 is 10.8 Å². The summed E-state index contributed by atoms with van der Waals surface area (Å²) in [5.41, 5.74) is 1.32. The van der Waals surface area contributed by atoms with Crippen LogP contribution in [0.1, 0.15) is 5.56 Å². The summed E-state index contributed by atoms with van der Waals surface area (Å²) in [6.45, 7) is 0.559. The first kappa shape index (κ1) is 11.7. The van der Waals surface area contributed by atoms with Gasteiger partial charge in [0.2, 0.25) is 4.77 Å². The topological polar surface area (TPSA) is 81.6 Å². The lowest BCUT2D eigenvalue weighted by Gasteiger charge is -2.04. The Kier molecular flexibility index (Phi) is 2.68. The zero-order valence-electron chi connectivity index (χ0n) is 9.91. The molecule has 2 aromatic heterocycles. The Morgan fingerprint density at radius 2 is 2.05 bits per heavy atom. The first-order chi connectivity index (χ1) is 9.16. The lowest BCUT2D eigenvalue weighted by atomic mass is 10.2. The first-order valence-electron chi connectivity index (χ1n) is 5.66. The Morgan fingerprint density at radius 1 is 1.32 bits per heavy atom. The van der Waals surface area contributed by atoms with Crippen molar-refractivity contribution in [2.45, 2.75) is 6.54 Å². The molecular formula is C12H11N5OS. The van der Waals surface area contributed by atoms with Crippen molar-refractivity contribution in [2.75, 3.05) is 5.84 Å². The quantitative estimate of drug-likeness (QED) is 0.539. The van der Waals surface area contributed by atoms with Crippen LogP contribution in [0.2, 0.25) is 0 Å². The van der Waals surface area contributed by atoms with Crippen molar-refractivity contribution < 1.29 is 0 Å². The molecule has 0 atom stereocenters. The van der Waals surface area contributed by atoms with E-state index in [0.29, 0.717) is 17.6 Å². The van der Waals surface area contributed by atoms with Crippen molar-refractivity contribution in [2.24, 2.45) is 0 Å². The van der Waals surface area contributed by atoms with Crippen LogP contribution in [-0.2, 0) is 6.54 Å². The van der Waals surface area contributed by atoms with E-state index in [2.05, 4.69) is 10.1 Å². The highest BCUT2D eigenvalue weighted by molar-refractivity contribution is 7.71. The maximum Gasteiger partial charge on any atom is 0.283 e.